The van der Waals surface area contributed by atoms with Crippen molar-refractivity contribution < 1.29 is 4.79 Å². The highest BCUT2D eigenvalue weighted by Gasteiger charge is 2.03. The van der Waals surface area contributed by atoms with E-state index in [1.165, 1.54) is 8.93 Å². The second kappa shape index (κ2) is 3.72. The van der Waals surface area contributed by atoms with Gasteiger partial charge in [-0.1, -0.05) is 13.8 Å². The average molecular weight is 230 g/mol. The first-order chi connectivity index (χ1) is 3.18. The predicted molar refractivity (Wildman–Crippen MR) is 41.5 cm³/mol. The summed E-state index contributed by atoms with van der Waals surface area (Å²) < 4.78 is 0. The molecular weight excluding hydrogens is 223 g/mol. The van der Waals surface area contributed by atoms with E-state index in [9.17, 15) is 4.79 Å². The first-order valence-electron chi connectivity index (χ1n) is 2.01. The Hall–Kier alpha value is 0.750. The van der Waals surface area contributed by atoms with E-state index in [2.05, 4.69) is 0 Å². The van der Waals surface area contributed by atoms with Crippen LogP contribution in [0, 0.1) is 5.92 Å². The number of hydrogen-bond acceptors (Lipinski definition) is 2. The van der Waals surface area contributed by atoms with Crippen LogP contribution in [0.5, 0.6) is 0 Å². The maximum absolute atomic E-state index is 10.5. The molecule has 0 radical (unpaired) electrons. The molecule has 0 aliphatic carbocycles. The zero-order valence-electron chi connectivity index (χ0n) is 4.27. The van der Waals surface area contributed by atoms with Gasteiger partial charge in [-0.2, -0.15) is 0 Å². The Kier molecular flexibility index (Phi) is 4.11. The van der Waals surface area contributed by atoms with E-state index in [1.54, 1.807) is 0 Å². The molecule has 0 atom stereocenters. The largest absolute Gasteiger partial charge is 0.286 e. The first-order valence-corrected chi connectivity index (χ1v) is 5.37. The van der Waals surface area contributed by atoms with Gasteiger partial charge in [0.1, 0.15) is 0 Å². The molecule has 1 nitrogen and oxygen atoms in total. The van der Waals surface area contributed by atoms with Gasteiger partial charge < -0.3 is 0 Å². The predicted octanol–water partition coefficient (Wildman–Crippen LogP) is 2.25. The lowest BCUT2D eigenvalue weighted by atomic mass is 10.3. The molecule has 0 aromatic rings. The molecule has 0 spiro atoms. The molecule has 0 aliphatic rings. The summed E-state index contributed by atoms with van der Waals surface area (Å²) in [5.74, 6) is 0.182. The normalized spacial score (nSPS) is 9.71. The Bertz CT molecular complexity index is 72.1. The van der Waals surface area contributed by atoms with E-state index in [1.807, 2.05) is 35.1 Å². The molecule has 0 amide bonds. The Balaban J connectivity index is 3.35. The molecule has 0 heterocycles. The summed E-state index contributed by atoms with van der Waals surface area (Å²) in [6.45, 7) is 3.79. The summed E-state index contributed by atoms with van der Waals surface area (Å²) in [6.07, 6.45) is 0. The molecule has 0 saturated heterocycles. The quantitative estimate of drug-likeness (QED) is 0.642. The molecule has 0 fully saturated rings. The molecular formula is C4H7IOS. The van der Waals surface area contributed by atoms with Gasteiger partial charge in [-0.25, -0.2) is 0 Å². The topological polar surface area (TPSA) is 17.1 Å². The Morgan fingerprint density at radius 2 is 2.14 bits per heavy atom. The van der Waals surface area contributed by atoms with Crippen molar-refractivity contribution in [1.82, 2.24) is 0 Å². The number of rotatable bonds is 1. The van der Waals surface area contributed by atoms with Gasteiger partial charge in [0, 0.05) is 27.1 Å². The van der Waals surface area contributed by atoms with Crippen LogP contribution in [-0.2, 0) is 4.79 Å². The minimum Gasteiger partial charge on any atom is -0.286 e. The second-order valence-electron chi connectivity index (χ2n) is 1.55. The van der Waals surface area contributed by atoms with Gasteiger partial charge in [-0.15, -0.1) is 0 Å². The molecule has 0 aromatic carbocycles. The Labute approximate surface area is 59.8 Å². The van der Waals surface area contributed by atoms with Crippen molar-refractivity contribution in [3.05, 3.63) is 0 Å². The van der Waals surface area contributed by atoms with E-state index in [-0.39, 0.29) is 11.0 Å². The van der Waals surface area contributed by atoms with Crippen LogP contribution in [-0.4, -0.2) is 5.12 Å². The number of carbonyl (C=O) groups is 1. The lowest BCUT2D eigenvalue weighted by Gasteiger charge is -1.93. The van der Waals surface area contributed by atoms with Crippen LogP contribution in [0.15, 0.2) is 0 Å². The van der Waals surface area contributed by atoms with Crippen molar-refractivity contribution in [3.63, 3.8) is 0 Å². The van der Waals surface area contributed by atoms with Crippen molar-refractivity contribution in [2.75, 3.05) is 0 Å². The van der Waals surface area contributed by atoms with Crippen LogP contribution >= 0.6 is 30.1 Å². The zero-order chi connectivity index (χ0) is 5.86. The Morgan fingerprint density at radius 1 is 1.71 bits per heavy atom. The van der Waals surface area contributed by atoms with Crippen LogP contribution < -0.4 is 0 Å². The van der Waals surface area contributed by atoms with Crippen molar-refractivity contribution in [2.24, 2.45) is 5.92 Å². The fourth-order valence-corrected chi connectivity index (χ4v) is 1.79. The zero-order valence-corrected chi connectivity index (χ0v) is 7.25. The summed E-state index contributed by atoms with van der Waals surface area (Å²) in [5.41, 5.74) is 0. The van der Waals surface area contributed by atoms with E-state index >= 15 is 0 Å². The summed E-state index contributed by atoms with van der Waals surface area (Å²) in [5, 5.41) is 0.251. The van der Waals surface area contributed by atoms with Gasteiger partial charge >= 0.3 is 0 Å². The molecule has 0 aromatic heterocycles. The van der Waals surface area contributed by atoms with Gasteiger partial charge in [0.05, 0.1) is 0 Å². The second-order valence-corrected chi connectivity index (χ2v) is 3.43. The van der Waals surface area contributed by atoms with E-state index < -0.39 is 0 Å². The van der Waals surface area contributed by atoms with E-state index in [4.69, 9.17) is 0 Å². The maximum atomic E-state index is 10.5. The van der Waals surface area contributed by atoms with Crippen molar-refractivity contribution >= 4 is 35.3 Å². The average Bonchev–Trinajstić information content (AvgIpc) is 1.65. The van der Waals surface area contributed by atoms with Gasteiger partial charge in [-0.3, -0.25) is 4.79 Å². The third-order valence-corrected chi connectivity index (χ3v) is 2.47. The lowest BCUT2D eigenvalue weighted by molar-refractivity contribution is -0.113. The van der Waals surface area contributed by atoms with Crippen LogP contribution in [0.1, 0.15) is 13.8 Å². The molecule has 0 bridgehead atoms. The Morgan fingerprint density at radius 3 is 2.14 bits per heavy atom. The maximum Gasteiger partial charge on any atom is 0.201 e. The van der Waals surface area contributed by atoms with Gasteiger partial charge in [-0.05, 0) is 8.93 Å². The summed E-state index contributed by atoms with van der Waals surface area (Å²) in [4.78, 5) is 10.5. The smallest absolute Gasteiger partial charge is 0.201 e. The highest BCUT2D eigenvalue weighted by Crippen LogP contribution is 2.16. The molecule has 7 heavy (non-hydrogen) atoms. The molecule has 42 valence electrons. The molecule has 0 unspecified atom stereocenters. The molecule has 0 saturated carbocycles. The van der Waals surface area contributed by atoms with Gasteiger partial charge in [0.15, 0.2) is 0 Å². The SMILES string of the molecule is CC(C)C(=O)SI. The minimum absolute atomic E-state index is 0.182. The van der Waals surface area contributed by atoms with Crippen LogP contribution in [0.2, 0.25) is 0 Å². The number of halogens is 1. The number of hydrogen-bond donors (Lipinski definition) is 0. The molecule has 0 rings (SSSR count). The van der Waals surface area contributed by atoms with E-state index in [0.29, 0.717) is 0 Å². The third kappa shape index (κ3) is 3.34. The molecule has 0 N–H and O–H groups in total. The van der Waals surface area contributed by atoms with Crippen molar-refractivity contribution in [1.29, 1.82) is 0 Å². The van der Waals surface area contributed by atoms with Crippen molar-refractivity contribution in [2.45, 2.75) is 13.8 Å². The van der Waals surface area contributed by atoms with E-state index in [0.717, 1.165) is 0 Å². The van der Waals surface area contributed by atoms with Crippen molar-refractivity contribution in [3.8, 4) is 0 Å². The molecule has 3 heteroatoms. The first kappa shape index (κ1) is 7.75. The fraction of sp³-hybridized carbons (Fsp3) is 0.750. The van der Waals surface area contributed by atoms with Gasteiger partial charge in [0.25, 0.3) is 0 Å². The van der Waals surface area contributed by atoms with Crippen LogP contribution in [0.4, 0.5) is 0 Å². The number of carbonyl (C=O) groups excluding carboxylic acids is 1. The highest BCUT2D eigenvalue weighted by molar-refractivity contribution is 14.2. The highest BCUT2D eigenvalue weighted by atomic mass is 127. The standard InChI is InChI=1S/C4H7IOS/c1-3(2)4(6)7-5/h3H,1-2H3. The summed E-state index contributed by atoms with van der Waals surface area (Å²) in [6, 6.07) is 0. The van der Waals surface area contributed by atoms with Crippen LogP contribution in [0.25, 0.3) is 0 Å². The third-order valence-electron chi connectivity index (χ3n) is 0.547. The monoisotopic (exact) mass is 230 g/mol. The summed E-state index contributed by atoms with van der Waals surface area (Å²) in [7, 11) is 1.26. The van der Waals surface area contributed by atoms with Crippen LogP contribution in [0.3, 0.4) is 0 Å². The van der Waals surface area contributed by atoms with Gasteiger partial charge in [0.2, 0.25) is 5.12 Å². The minimum atomic E-state index is 0.182. The molecule has 0 aliphatic heterocycles. The lowest BCUT2D eigenvalue weighted by Crippen LogP contribution is -1.97. The summed E-state index contributed by atoms with van der Waals surface area (Å²) >= 11 is 2.00. The fourth-order valence-electron chi connectivity index (χ4n) is 0.0891.